The largest absolute Gasteiger partial charge is 0.396 e. The monoisotopic (exact) mass is 271 g/mol. The van der Waals surface area contributed by atoms with E-state index >= 15 is 0 Å². The molecule has 0 aliphatic carbocycles. The molecule has 0 aromatic rings. The van der Waals surface area contributed by atoms with Crippen LogP contribution in [0.2, 0.25) is 0 Å². The Bertz CT molecular complexity index is 253. The van der Waals surface area contributed by atoms with Crippen LogP contribution < -0.4 is 5.32 Å². The summed E-state index contributed by atoms with van der Waals surface area (Å²) in [4.78, 5) is 16.0. The number of hydrogen-bond donors (Lipinski definition) is 2. The topological polar surface area (TPSA) is 55.8 Å². The van der Waals surface area contributed by atoms with Crippen molar-refractivity contribution in [3.63, 3.8) is 0 Å². The number of likely N-dealkylation sites (N-methyl/N-ethyl adjacent to an activating group) is 1. The Morgan fingerprint density at radius 1 is 1.37 bits per heavy atom. The molecule has 5 nitrogen and oxygen atoms in total. The maximum atomic E-state index is 11.9. The molecule has 0 aromatic heterocycles. The lowest BCUT2D eigenvalue weighted by Crippen LogP contribution is -2.46. The molecule has 0 saturated carbocycles. The van der Waals surface area contributed by atoms with Crippen molar-refractivity contribution in [3.05, 3.63) is 0 Å². The van der Waals surface area contributed by atoms with Gasteiger partial charge in [0.2, 0.25) is 0 Å². The van der Waals surface area contributed by atoms with Gasteiger partial charge in [0.1, 0.15) is 0 Å². The average molecular weight is 271 g/mol. The summed E-state index contributed by atoms with van der Waals surface area (Å²) in [5, 5.41) is 12.0. The van der Waals surface area contributed by atoms with Gasteiger partial charge in [0.25, 0.3) is 0 Å². The molecule has 0 radical (unpaired) electrons. The van der Waals surface area contributed by atoms with E-state index in [2.05, 4.69) is 24.2 Å². The van der Waals surface area contributed by atoms with Crippen LogP contribution in [-0.2, 0) is 0 Å². The average Bonchev–Trinajstić information content (AvgIpc) is 2.45. The van der Waals surface area contributed by atoms with Crippen molar-refractivity contribution in [2.75, 3.05) is 46.4 Å². The van der Waals surface area contributed by atoms with Crippen LogP contribution in [0.5, 0.6) is 0 Å². The number of hydrogen-bond acceptors (Lipinski definition) is 3. The lowest BCUT2D eigenvalue weighted by molar-refractivity contribution is 0.137. The number of nitrogens with one attached hydrogen (secondary N) is 1. The van der Waals surface area contributed by atoms with E-state index in [9.17, 15) is 4.79 Å². The van der Waals surface area contributed by atoms with Gasteiger partial charge in [-0.25, -0.2) is 4.79 Å². The van der Waals surface area contributed by atoms with Crippen LogP contribution in [0.3, 0.4) is 0 Å². The quantitative estimate of drug-likeness (QED) is 0.730. The third-order valence-corrected chi connectivity index (χ3v) is 3.82. The van der Waals surface area contributed by atoms with Gasteiger partial charge in [-0.1, -0.05) is 13.3 Å². The van der Waals surface area contributed by atoms with Crippen molar-refractivity contribution < 1.29 is 9.90 Å². The Morgan fingerprint density at radius 3 is 2.63 bits per heavy atom. The molecular formula is C14H29N3O2. The van der Waals surface area contributed by atoms with E-state index in [1.54, 1.807) is 0 Å². The van der Waals surface area contributed by atoms with E-state index in [1.807, 2.05) is 4.90 Å². The number of nitrogens with zero attached hydrogens (tertiary/aromatic N) is 2. The van der Waals surface area contributed by atoms with E-state index in [-0.39, 0.29) is 12.6 Å². The van der Waals surface area contributed by atoms with E-state index in [0.717, 1.165) is 39.0 Å². The summed E-state index contributed by atoms with van der Waals surface area (Å²) in [6.07, 6.45) is 4.25. The van der Waals surface area contributed by atoms with Crippen LogP contribution >= 0.6 is 0 Å². The lowest BCUT2D eigenvalue weighted by atomic mass is 9.98. The Balaban J connectivity index is 2.11. The van der Waals surface area contributed by atoms with Crippen LogP contribution in [0.1, 0.15) is 32.6 Å². The summed E-state index contributed by atoms with van der Waals surface area (Å²) >= 11 is 0. The molecule has 2 amide bonds. The van der Waals surface area contributed by atoms with Crippen molar-refractivity contribution in [1.29, 1.82) is 0 Å². The minimum atomic E-state index is 0.0419. The number of piperidine rings is 1. The molecule has 1 saturated heterocycles. The van der Waals surface area contributed by atoms with Crippen LogP contribution in [0.25, 0.3) is 0 Å². The molecule has 2 N–H and O–H groups in total. The van der Waals surface area contributed by atoms with Gasteiger partial charge in [0.15, 0.2) is 0 Å². The fourth-order valence-electron chi connectivity index (χ4n) is 2.32. The number of aliphatic hydroxyl groups excluding tert-OH is 1. The van der Waals surface area contributed by atoms with Gasteiger partial charge in [-0.05, 0) is 38.8 Å². The zero-order valence-corrected chi connectivity index (χ0v) is 12.4. The first kappa shape index (κ1) is 16.2. The molecular weight excluding hydrogens is 242 g/mol. The Kier molecular flexibility index (Phi) is 7.82. The van der Waals surface area contributed by atoms with Crippen LogP contribution in [-0.4, -0.2) is 67.3 Å². The molecule has 0 atom stereocenters. The zero-order valence-electron chi connectivity index (χ0n) is 12.4. The second kappa shape index (κ2) is 9.15. The highest BCUT2D eigenvalue weighted by Gasteiger charge is 2.21. The molecule has 1 heterocycles. The molecule has 19 heavy (non-hydrogen) atoms. The SMILES string of the molecule is CCCCN(C)CCNC(=O)N1CCC(CO)CC1. The number of likely N-dealkylation sites (tertiary alicyclic amines) is 1. The summed E-state index contributed by atoms with van der Waals surface area (Å²) in [5.74, 6) is 0.379. The highest BCUT2D eigenvalue weighted by atomic mass is 16.3. The molecule has 0 aromatic carbocycles. The highest BCUT2D eigenvalue weighted by molar-refractivity contribution is 5.74. The zero-order chi connectivity index (χ0) is 14.1. The first-order chi connectivity index (χ1) is 9.17. The van der Waals surface area contributed by atoms with E-state index in [4.69, 9.17) is 5.11 Å². The number of aliphatic hydroxyl groups is 1. The highest BCUT2D eigenvalue weighted by Crippen LogP contribution is 2.15. The predicted molar refractivity (Wildman–Crippen MR) is 77.2 cm³/mol. The summed E-state index contributed by atoms with van der Waals surface area (Å²) in [6, 6.07) is 0.0419. The van der Waals surface area contributed by atoms with Crippen molar-refractivity contribution in [3.8, 4) is 0 Å². The standard InChI is InChI=1S/C14H29N3O2/c1-3-4-8-16(2)11-7-15-14(19)17-9-5-13(12-18)6-10-17/h13,18H,3-12H2,1-2H3,(H,15,19). The van der Waals surface area contributed by atoms with E-state index < -0.39 is 0 Å². The summed E-state index contributed by atoms with van der Waals surface area (Å²) in [7, 11) is 2.09. The second-order valence-corrected chi connectivity index (χ2v) is 5.50. The fourth-order valence-corrected chi connectivity index (χ4v) is 2.32. The lowest BCUT2D eigenvalue weighted by Gasteiger charge is -2.31. The molecule has 5 heteroatoms. The predicted octanol–water partition coefficient (Wildman–Crippen LogP) is 1.13. The van der Waals surface area contributed by atoms with E-state index in [1.165, 1.54) is 12.8 Å². The third kappa shape index (κ3) is 6.25. The molecule has 1 aliphatic rings. The van der Waals surface area contributed by atoms with Gasteiger partial charge in [0.05, 0.1) is 0 Å². The Morgan fingerprint density at radius 2 is 2.05 bits per heavy atom. The van der Waals surface area contributed by atoms with Crippen molar-refractivity contribution >= 4 is 6.03 Å². The normalized spacial score (nSPS) is 16.9. The number of rotatable bonds is 7. The Hall–Kier alpha value is -0.810. The van der Waals surface area contributed by atoms with Gasteiger partial charge in [-0.3, -0.25) is 0 Å². The van der Waals surface area contributed by atoms with Crippen LogP contribution in [0.15, 0.2) is 0 Å². The number of carbonyl (C=O) groups is 1. The van der Waals surface area contributed by atoms with Crippen molar-refractivity contribution in [2.45, 2.75) is 32.6 Å². The first-order valence-corrected chi connectivity index (χ1v) is 7.49. The van der Waals surface area contributed by atoms with Gasteiger partial charge >= 0.3 is 6.03 Å². The summed E-state index contributed by atoms with van der Waals surface area (Å²) in [5.41, 5.74) is 0. The minimum absolute atomic E-state index is 0.0419. The fraction of sp³-hybridized carbons (Fsp3) is 0.929. The number of amides is 2. The van der Waals surface area contributed by atoms with Gasteiger partial charge in [-0.2, -0.15) is 0 Å². The molecule has 112 valence electrons. The number of unbranched alkanes of at least 4 members (excludes halogenated alkanes) is 1. The van der Waals surface area contributed by atoms with Crippen molar-refractivity contribution in [2.24, 2.45) is 5.92 Å². The number of urea groups is 1. The maximum Gasteiger partial charge on any atom is 0.317 e. The third-order valence-electron chi connectivity index (χ3n) is 3.82. The van der Waals surface area contributed by atoms with Crippen molar-refractivity contribution in [1.82, 2.24) is 15.1 Å². The molecule has 0 spiro atoms. The maximum absolute atomic E-state index is 11.9. The summed E-state index contributed by atoms with van der Waals surface area (Å²) < 4.78 is 0. The molecule has 0 unspecified atom stereocenters. The van der Waals surface area contributed by atoms with Crippen LogP contribution in [0, 0.1) is 5.92 Å². The van der Waals surface area contributed by atoms with Gasteiger partial charge in [0, 0.05) is 32.8 Å². The molecule has 0 bridgehead atoms. The second-order valence-electron chi connectivity index (χ2n) is 5.50. The minimum Gasteiger partial charge on any atom is -0.396 e. The van der Waals surface area contributed by atoms with Crippen LogP contribution in [0.4, 0.5) is 4.79 Å². The Labute approximate surface area is 117 Å². The first-order valence-electron chi connectivity index (χ1n) is 7.49. The van der Waals surface area contributed by atoms with E-state index in [0.29, 0.717) is 12.5 Å². The molecule has 1 aliphatic heterocycles. The van der Waals surface area contributed by atoms with Gasteiger partial charge in [-0.15, -0.1) is 0 Å². The summed E-state index contributed by atoms with van der Waals surface area (Å²) in [6.45, 7) is 6.67. The van der Waals surface area contributed by atoms with Gasteiger partial charge < -0.3 is 20.2 Å². The number of carbonyl (C=O) groups excluding carboxylic acids is 1. The molecule has 1 rings (SSSR count). The molecule has 1 fully saturated rings. The smallest absolute Gasteiger partial charge is 0.317 e.